The number of imidazole rings is 2. The van der Waals surface area contributed by atoms with Crippen molar-refractivity contribution < 1.29 is 33.4 Å². The molecule has 4 heterocycles. The lowest BCUT2D eigenvalue weighted by Gasteiger charge is -2.29. The predicted octanol–water partition coefficient (Wildman–Crippen LogP) is 7.72. The van der Waals surface area contributed by atoms with E-state index in [1.54, 1.807) is 23.1 Å². The Hall–Kier alpha value is -7.00. The van der Waals surface area contributed by atoms with Crippen LogP contribution in [0.4, 0.5) is 9.59 Å². The van der Waals surface area contributed by atoms with Crippen LogP contribution in [0.2, 0.25) is 0 Å². The third kappa shape index (κ3) is 9.00. The van der Waals surface area contributed by atoms with Crippen molar-refractivity contribution in [3.63, 3.8) is 0 Å². The monoisotopic (exact) mass is 852 g/mol. The first kappa shape index (κ1) is 42.7. The van der Waals surface area contributed by atoms with Crippen molar-refractivity contribution in [2.75, 3.05) is 34.4 Å². The van der Waals surface area contributed by atoms with E-state index >= 15 is 0 Å². The molecule has 8 rings (SSSR count). The molecule has 0 saturated carbocycles. The molecule has 15 heteroatoms. The molecule has 15 nitrogen and oxygen atoms in total. The first-order valence-corrected chi connectivity index (χ1v) is 21.2. The zero-order valence-electron chi connectivity index (χ0n) is 36.0. The van der Waals surface area contributed by atoms with E-state index in [4.69, 9.17) is 24.2 Å². The molecule has 6 aromatic rings. The number of hydrogen-bond acceptors (Lipinski definition) is 9. The molecule has 0 spiro atoms. The van der Waals surface area contributed by atoms with Gasteiger partial charge in [0.05, 0.1) is 56.2 Å². The molecular formula is C48H52N8O7. The van der Waals surface area contributed by atoms with Gasteiger partial charge in [-0.05, 0) is 63.9 Å². The van der Waals surface area contributed by atoms with Crippen molar-refractivity contribution >= 4 is 34.8 Å². The normalized spacial score (nSPS) is 18.3. The quantitative estimate of drug-likeness (QED) is 0.0958. The molecule has 2 aromatic heterocycles. The van der Waals surface area contributed by atoms with Gasteiger partial charge in [-0.3, -0.25) is 9.59 Å². The number of hydrogen-bond donors (Lipinski definition) is 4. The van der Waals surface area contributed by atoms with Crippen LogP contribution in [0.1, 0.15) is 68.4 Å². The number of likely N-dealkylation sites (tertiary alicyclic amines) is 2. The molecule has 63 heavy (non-hydrogen) atoms. The van der Waals surface area contributed by atoms with Crippen molar-refractivity contribution in [3.8, 4) is 33.6 Å². The van der Waals surface area contributed by atoms with E-state index in [0.29, 0.717) is 36.7 Å². The lowest BCUT2D eigenvalue weighted by molar-refractivity contribution is -0.136. The lowest BCUT2D eigenvalue weighted by Crippen LogP contribution is -2.51. The van der Waals surface area contributed by atoms with E-state index < -0.39 is 24.3 Å². The molecule has 4 aromatic carbocycles. The van der Waals surface area contributed by atoms with Crippen LogP contribution in [0.25, 0.3) is 44.4 Å². The number of aromatic nitrogens is 4. The summed E-state index contributed by atoms with van der Waals surface area (Å²) in [5.41, 5.74) is 6.41. The maximum Gasteiger partial charge on any atom is 0.407 e. The fraction of sp³-hybridized carbons (Fsp3) is 0.333. The number of carbonyl (C=O) groups excluding carboxylic acids is 4. The number of alkyl carbamates (subject to hydrolysis) is 2. The number of nitrogens with zero attached hydrogens (tertiary/aromatic N) is 4. The van der Waals surface area contributed by atoms with Crippen LogP contribution in [0.3, 0.4) is 0 Å². The third-order valence-electron chi connectivity index (χ3n) is 12.1. The summed E-state index contributed by atoms with van der Waals surface area (Å²) in [6.07, 6.45) is 4.23. The topological polar surface area (TPSA) is 184 Å². The van der Waals surface area contributed by atoms with Gasteiger partial charge in [0.2, 0.25) is 5.91 Å². The lowest BCUT2D eigenvalue weighted by atomic mass is 9.98. The summed E-state index contributed by atoms with van der Waals surface area (Å²) in [4.78, 5) is 72.0. The molecule has 0 radical (unpaired) electrons. The standard InChI is InChI=1S/C48H52N8O7/c1-28(2)41(53-47(59)62-4)45(57)56-27-36(61-3)24-40(56)44-50-25-37(51-44)30-15-13-29(14-16-30)32-17-18-34-23-35(20-19-33(34)22-32)38-26-49-43(52-38)39-12-9-21-55(39)46(58)42(54-48(60)63-5)31-10-7-6-8-11-31/h6-8,10-11,13-20,22-23,25-26,28,36,39-42H,9,12,21,24,27H2,1-5H3,(H,49,52)(H,50,51)(H,53,59)(H,54,60). The van der Waals surface area contributed by atoms with Crippen LogP contribution in [0.5, 0.6) is 0 Å². The maximum atomic E-state index is 14.0. The summed E-state index contributed by atoms with van der Waals surface area (Å²) >= 11 is 0. The molecule has 0 aliphatic carbocycles. The van der Waals surface area contributed by atoms with Crippen LogP contribution < -0.4 is 10.6 Å². The minimum absolute atomic E-state index is 0.157. The van der Waals surface area contributed by atoms with Gasteiger partial charge in [-0.1, -0.05) is 92.7 Å². The number of fused-ring (bicyclic) bond motifs is 1. The molecule has 5 atom stereocenters. The van der Waals surface area contributed by atoms with Crippen LogP contribution in [-0.2, 0) is 23.8 Å². The van der Waals surface area contributed by atoms with E-state index in [1.807, 2.05) is 50.4 Å². The zero-order chi connectivity index (χ0) is 44.2. The highest BCUT2D eigenvalue weighted by molar-refractivity contribution is 5.91. The van der Waals surface area contributed by atoms with Gasteiger partial charge in [-0.2, -0.15) is 0 Å². The Balaban J connectivity index is 0.953. The number of methoxy groups -OCH3 is 3. The highest BCUT2D eigenvalue weighted by atomic mass is 16.5. The molecule has 4 amide bonds. The fourth-order valence-corrected chi connectivity index (χ4v) is 8.68. The Bertz CT molecular complexity index is 2590. The Labute approximate surface area is 365 Å². The van der Waals surface area contributed by atoms with Gasteiger partial charge in [0, 0.05) is 32.2 Å². The first-order valence-electron chi connectivity index (χ1n) is 21.2. The number of benzene rings is 4. The largest absolute Gasteiger partial charge is 0.453 e. The summed E-state index contributed by atoms with van der Waals surface area (Å²) in [5.74, 6) is 0.770. The van der Waals surface area contributed by atoms with Crippen LogP contribution in [0, 0.1) is 5.92 Å². The first-order chi connectivity index (χ1) is 30.5. The van der Waals surface area contributed by atoms with Crippen LogP contribution >= 0.6 is 0 Å². The molecular weight excluding hydrogens is 801 g/mol. The Morgan fingerprint density at radius 3 is 1.92 bits per heavy atom. The third-order valence-corrected chi connectivity index (χ3v) is 12.1. The number of rotatable bonds is 12. The Kier molecular flexibility index (Phi) is 12.6. The van der Waals surface area contributed by atoms with Crippen molar-refractivity contribution in [1.29, 1.82) is 0 Å². The molecule has 326 valence electrons. The number of nitrogens with one attached hydrogen (secondary N) is 4. The maximum absolute atomic E-state index is 14.0. The van der Waals surface area contributed by atoms with Crippen molar-refractivity contribution in [2.24, 2.45) is 5.92 Å². The SMILES string of the molecule is COC(=O)NC(C(=O)N1CCCC1c1ncc(-c2ccc3cc(-c4ccc(-c5cnc(C6CC(OC)CN6C(=O)C(NC(=O)OC)C(C)C)[nH]5)cc4)ccc3c2)[nH]1)c1ccccc1. The number of amides is 4. The van der Waals surface area contributed by atoms with Crippen LogP contribution in [-0.4, -0.2) is 100 Å². The average molecular weight is 853 g/mol. The number of carbonyl (C=O) groups is 4. The molecule has 2 aliphatic rings. The van der Waals surface area contributed by atoms with Gasteiger partial charge in [0.1, 0.15) is 23.7 Å². The van der Waals surface area contributed by atoms with Crippen LogP contribution in [0.15, 0.2) is 103 Å². The summed E-state index contributed by atoms with van der Waals surface area (Å²) in [7, 11) is 4.19. The van der Waals surface area contributed by atoms with Gasteiger partial charge in [-0.25, -0.2) is 19.6 Å². The van der Waals surface area contributed by atoms with E-state index in [1.165, 1.54) is 14.2 Å². The van der Waals surface area contributed by atoms with Gasteiger partial charge < -0.3 is 44.6 Å². The highest BCUT2D eigenvalue weighted by Crippen LogP contribution is 2.37. The van der Waals surface area contributed by atoms with Gasteiger partial charge in [-0.15, -0.1) is 0 Å². The van der Waals surface area contributed by atoms with E-state index in [0.717, 1.165) is 57.3 Å². The van der Waals surface area contributed by atoms with Crippen molar-refractivity contribution in [3.05, 3.63) is 121 Å². The summed E-state index contributed by atoms with van der Waals surface area (Å²) in [6.45, 7) is 4.70. The second-order valence-corrected chi connectivity index (χ2v) is 16.3. The highest BCUT2D eigenvalue weighted by Gasteiger charge is 2.42. The Morgan fingerprint density at radius 2 is 1.27 bits per heavy atom. The Morgan fingerprint density at radius 1 is 0.683 bits per heavy atom. The summed E-state index contributed by atoms with van der Waals surface area (Å²) < 4.78 is 15.3. The smallest absolute Gasteiger partial charge is 0.407 e. The van der Waals surface area contributed by atoms with Gasteiger partial charge >= 0.3 is 12.2 Å². The average Bonchev–Trinajstić information content (AvgIpc) is 4.16. The van der Waals surface area contributed by atoms with E-state index in [-0.39, 0.29) is 35.9 Å². The molecule has 2 saturated heterocycles. The minimum atomic E-state index is -0.886. The zero-order valence-corrected chi connectivity index (χ0v) is 36.0. The molecule has 5 unspecified atom stereocenters. The van der Waals surface area contributed by atoms with E-state index in [2.05, 4.69) is 81.3 Å². The van der Waals surface area contributed by atoms with Gasteiger partial charge in [0.15, 0.2) is 0 Å². The predicted molar refractivity (Wildman–Crippen MR) is 237 cm³/mol. The minimum Gasteiger partial charge on any atom is -0.453 e. The number of ether oxygens (including phenoxy) is 3. The second kappa shape index (κ2) is 18.5. The number of aromatic amines is 2. The second-order valence-electron chi connectivity index (χ2n) is 16.3. The summed E-state index contributed by atoms with van der Waals surface area (Å²) in [5, 5.41) is 7.57. The van der Waals surface area contributed by atoms with E-state index in [9.17, 15) is 19.2 Å². The van der Waals surface area contributed by atoms with Gasteiger partial charge in [0.25, 0.3) is 5.91 Å². The van der Waals surface area contributed by atoms with Crippen molar-refractivity contribution in [2.45, 2.75) is 63.4 Å². The van der Waals surface area contributed by atoms with Crippen molar-refractivity contribution in [1.82, 2.24) is 40.4 Å². The molecule has 4 N–H and O–H groups in total. The summed E-state index contributed by atoms with van der Waals surface area (Å²) in [6, 6.07) is 27.9. The molecule has 2 fully saturated rings. The molecule has 2 aliphatic heterocycles. The fourth-order valence-electron chi connectivity index (χ4n) is 8.68. The molecule has 0 bridgehead atoms. The number of H-pyrrole nitrogens is 2.